The van der Waals surface area contributed by atoms with Crippen LogP contribution >= 0.6 is 0 Å². The van der Waals surface area contributed by atoms with Crippen molar-refractivity contribution in [2.45, 2.75) is 50.5 Å². The molecular formula is C23H30FN3O3S. The summed E-state index contributed by atoms with van der Waals surface area (Å²) in [5.74, 6) is -0.814. The van der Waals surface area contributed by atoms with Crippen LogP contribution in [0.1, 0.15) is 48.5 Å². The minimum absolute atomic E-state index is 0.112. The molecule has 0 unspecified atom stereocenters. The second-order valence-electron chi connectivity index (χ2n) is 8.04. The molecule has 0 aliphatic carbocycles. The van der Waals surface area contributed by atoms with Gasteiger partial charge in [0, 0.05) is 30.4 Å². The van der Waals surface area contributed by atoms with E-state index in [2.05, 4.69) is 21.9 Å². The Hall–Kier alpha value is -2.45. The normalized spacial score (nSPS) is 15.6. The van der Waals surface area contributed by atoms with Crippen LogP contribution in [0, 0.1) is 12.7 Å². The second kappa shape index (κ2) is 10.2. The van der Waals surface area contributed by atoms with Gasteiger partial charge >= 0.3 is 0 Å². The maximum absolute atomic E-state index is 13.8. The molecule has 1 amide bonds. The summed E-state index contributed by atoms with van der Waals surface area (Å²) in [7, 11) is -3.96. The molecule has 1 fully saturated rings. The van der Waals surface area contributed by atoms with Crippen LogP contribution in [0.2, 0.25) is 0 Å². The summed E-state index contributed by atoms with van der Waals surface area (Å²) in [5.41, 5.74) is 1.00. The van der Waals surface area contributed by atoms with Crippen molar-refractivity contribution < 1.29 is 17.6 Å². The van der Waals surface area contributed by atoms with E-state index >= 15 is 0 Å². The molecule has 0 saturated carbocycles. The van der Waals surface area contributed by atoms with Gasteiger partial charge < -0.3 is 10.2 Å². The van der Waals surface area contributed by atoms with Crippen molar-refractivity contribution in [2.24, 2.45) is 0 Å². The van der Waals surface area contributed by atoms with Crippen LogP contribution < -0.4 is 10.0 Å². The zero-order chi connectivity index (χ0) is 22.4. The number of nitrogens with one attached hydrogen (secondary N) is 2. The van der Waals surface area contributed by atoms with Crippen molar-refractivity contribution in [1.29, 1.82) is 0 Å². The molecule has 2 aromatic rings. The fraction of sp³-hybridized carbons (Fsp3) is 0.435. The van der Waals surface area contributed by atoms with Crippen molar-refractivity contribution in [1.82, 2.24) is 10.2 Å². The number of aryl methyl sites for hydroxylation is 1. The predicted octanol–water partition coefficient (Wildman–Crippen LogP) is 3.93. The van der Waals surface area contributed by atoms with Gasteiger partial charge in [0.15, 0.2) is 0 Å². The second-order valence-corrected chi connectivity index (χ2v) is 9.72. The van der Waals surface area contributed by atoms with Crippen molar-refractivity contribution >= 4 is 21.6 Å². The highest BCUT2D eigenvalue weighted by Crippen LogP contribution is 2.20. The number of hydrogen-bond acceptors (Lipinski definition) is 4. The summed E-state index contributed by atoms with van der Waals surface area (Å²) in [6.07, 6.45) is 4.17. The van der Waals surface area contributed by atoms with E-state index in [1.165, 1.54) is 31.0 Å². The quantitative estimate of drug-likeness (QED) is 0.643. The highest BCUT2D eigenvalue weighted by Gasteiger charge is 2.21. The fourth-order valence-electron chi connectivity index (χ4n) is 3.63. The zero-order valence-corrected chi connectivity index (χ0v) is 18.8. The summed E-state index contributed by atoms with van der Waals surface area (Å²) in [4.78, 5) is 14.9. The molecule has 1 heterocycles. The van der Waals surface area contributed by atoms with Gasteiger partial charge in [0.1, 0.15) is 5.82 Å². The first-order valence-electron chi connectivity index (χ1n) is 10.7. The van der Waals surface area contributed by atoms with E-state index in [-0.39, 0.29) is 22.5 Å². The van der Waals surface area contributed by atoms with E-state index in [1.807, 2.05) is 0 Å². The van der Waals surface area contributed by atoms with E-state index in [0.29, 0.717) is 11.1 Å². The Kier molecular flexibility index (Phi) is 7.67. The molecule has 3 rings (SSSR count). The molecule has 1 aliphatic rings. The average molecular weight is 448 g/mol. The lowest BCUT2D eigenvalue weighted by atomic mass is 10.0. The summed E-state index contributed by atoms with van der Waals surface area (Å²) < 4.78 is 41.4. The van der Waals surface area contributed by atoms with E-state index in [1.54, 1.807) is 25.1 Å². The molecule has 0 aromatic heterocycles. The first kappa shape index (κ1) is 23.2. The lowest BCUT2D eigenvalue weighted by Gasteiger charge is -2.32. The largest absolute Gasteiger partial charge is 0.349 e. The fourth-order valence-corrected chi connectivity index (χ4v) is 4.69. The molecule has 2 N–H and O–H groups in total. The molecule has 1 aliphatic heterocycles. The smallest absolute Gasteiger partial charge is 0.261 e. The third kappa shape index (κ3) is 6.27. The van der Waals surface area contributed by atoms with Gasteiger partial charge in [-0.25, -0.2) is 12.8 Å². The number of carbonyl (C=O) groups excluding carboxylic acids is 1. The first-order valence-corrected chi connectivity index (χ1v) is 12.2. The van der Waals surface area contributed by atoms with Crippen molar-refractivity contribution in [2.75, 3.05) is 24.4 Å². The summed E-state index contributed by atoms with van der Waals surface area (Å²) >= 11 is 0. The van der Waals surface area contributed by atoms with Gasteiger partial charge in [-0.1, -0.05) is 25.5 Å². The third-order valence-electron chi connectivity index (χ3n) is 5.58. The molecule has 0 spiro atoms. The van der Waals surface area contributed by atoms with Gasteiger partial charge in [0.2, 0.25) is 0 Å². The van der Waals surface area contributed by atoms with E-state index in [9.17, 15) is 17.6 Å². The van der Waals surface area contributed by atoms with Gasteiger partial charge in [0.25, 0.3) is 15.9 Å². The molecule has 31 heavy (non-hydrogen) atoms. The number of sulfonamides is 1. The highest BCUT2D eigenvalue weighted by molar-refractivity contribution is 7.92. The molecule has 0 radical (unpaired) electrons. The number of likely N-dealkylation sites (tertiary alicyclic amines) is 1. The maximum atomic E-state index is 13.8. The Morgan fingerprint density at radius 3 is 2.58 bits per heavy atom. The number of carbonyl (C=O) groups is 1. The van der Waals surface area contributed by atoms with E-state index in [4.69, 9.17) is 0 Å². The minimum Gasteiger partial charge on any atom is -0.349 e. The topological polar surface area (TPSA) is 78.5 Å². The van der Waals surface area contributed by atoms with Crippen LogP contribution in [0.3, 0.4) is 0 Å². The average Bonchev–Trinajstić information content (AvgIpc) is 2.75. The molecule has 0 atom stereocenters. The summed E-state index contributed by atoms with van der Waals surface area (Å²) in [6.45, 7) is 6.79. The molecule has 6 nitrogen and oxygen atoms in total. The van der Waals surface area contributed by atoms with Crippen LogP contribution in [0.15, 0.2) is 47.4 Å². The highest BCUT2D eigenvalue weighted by atomic mass is 32.2. The van der Waals surface area contributed by atoms with Crippen LogP contribution in [0.4, 0.5) is 10.1 Å². The lowest BCUT2D eigenvalue weighted by molar-refractivity contribution is 0.0911. The molecular weight excluding hydrogens is 417 g/mol. The lowest BCUT2D eigenvalue weighted by Crippen LogP contribution is -2.44. The summed E-state index contributed by atoms with van der Waals surface area (Å²) in [5, 5.41) is 3.05. The van der Waals surface area contributed by atoms with Crippen LogP contribution in [-0.4, -0.2) is 44.9 Å². The van der Waals surface area contributed by atoms with Crippen LogP contribution in [0.5, 0.6) is 0 Å². The summed E-state index contributed by atoms with van der Waals surface area (Å²) in [6, 6.07) is 10.2. The third-order valence-corrected chi connectivity index (χ3v) is 6.96. The monoisotopic (exact) mass is 447 g/mol. The molecule has 0 bridgehead atoms. The number of unbranched alkanes of at least 4 members (excludes halogenated alkanes) is 1. The minimum atomic E-state index is -3.96. The molecule has 1 saturated heterocycles. The van der Waals surface area contributed by atoms with Crippen molar-refractivity contribution in [3.8, 4) is 0 Å². The van der Waals surface area contributed by atoms with E-state index < -0.39 is 15.8 Å². The number of benzene rings is 2. The van der Waals surface area contributed by atoms with Crippen molar-refractivity contribution in [3.63, 3.8) is 0 Å². The van der Waals surface area contributed by atoms with Gasteiger partial charge in [-0.05, 0) is 68.6 Å². The number of piperidine rings is 1. The molecule has 8 heteroatoms. The Bertz CT molecular complexity index is 1020. The number of hydrogen-bond donors (Lipinski definition) is 2. The number of anilines is 1. The van der Waals surface area contributed by atoms with Crippen molar-refractivity contribution in [3.05, 3.63) is 59.4 Å². The van der Waals surface area contributed by atoms with Crippen LogP contribution in [-0.2, 0) is 10.0 Å². The van der Waals surface area contributed by atoms with Crippen LogP contribution in [0.25, 0.3) is 0 Å². The SMILES string of the molecule is CCCCN1CCC(NC(=O)c2cccc(NS(=O)(=O)c3ccc(C)c(F)c3)c2)CC1. The Morgan fingerprint density at radius 1 is 1.16 bits per heavy atom. The zero-order valence-electron chi connectivity index (χ0n) is 18.0. The van der Waals surface area contributed by atoms with Gasteiger partial charge in [-0.2, -0.15) is 0 Å². The number of rotatable bonds is 8. The predicted molar refractivity (Wildman–Crippen MR) is 120 cm³/mol. The Morgan fingerprint density at radius 2 is 1.90 bits per heavy atom. The first-order chi connectivity index (χ1) is 14.8. The Labute approximate surface area is 183 Å². The Balaban J connectivity index is 1.62. The maximum Gasteiger partial charge on any atom is 0.261 e. The molecule has 2 aromatic carbocycles. The standard InChI is InChI=1S/C23H30FN3O3S/c1-3-4-12-27-13-10-19(11-14-27)25-23(28)18-6-5-7-20(15-18)26-31(29,30)21-9-8-17(2)22(24)16-21/h5-9,15-16,19,26H,3-4,10-14H2,1-2H3,(H,25,28). The number of nitrogens with zero attached hydrogens (tertiary/aromatic N) is 1. The van der Waals surface area contributed by atoms with Gasteiger partial charge in [0.05, 0.1) is 4.90 Å². The number of halogens is 1. The number of amides is 1. The van der Waals surface area contributed by atoms with Gasteiger partial charge in [-0.3, -0.25) is 9.52 Å². The van der Waals surface area contributed by atoms with Gasteiger partial charge in [-0.15, -0.1) is 0 Å². The van der Waals surface area contributed by atoms with E-state index in [0.717, 1.165) is 38.5 Å². The molecule has 168 valence electrons.